The second-order valence-corrected chi connectivity index (χ2v) is 5.54. The lowest BCUT2D eigenvalue weighted by molar-refractivity contribution is 0.169. The maximum absolute atomic E-state index is 12.5. The van der Waals surface area contributed by atoms with Crippen molar-refractivity contribution in [1.29, 1.82) is 0 Å². The van der Waals surface area contributed by atoms with E-state index in [4.69, 9.17) is 4.74 Å². The molecule has 1 aromatic heterocycles. The number of aryl methyl sites for hydroxylation is 1. The van der Waals surface area contributed by atoms with Crippen molar-refractivity contribution < 1.29 is 14.6 Å². The van der Waals surface area contributed by atoms with Gasteiger partial charge in [-0.2, -0.15) is 0 Å². The minimum absolute atomic E-state index is 0.102. The molecule has 2 rings (SSSR count). The molecule has 130 valence electrons. The average molecular weight is 332 g/mol. The van der Waals surface area contributed by atoms with Gasteiger partial charge in [-0.3, -0.25) is 0 Å². The molecule has 7 heteroatoms. The number of benzene rings is 1. The molecule has 24 heavy (non-hydrogen) atoms. The largest absolute Gasteiger partial charge is 0.497 e. The molecule has 2 N–H and O–H groups in total. The van der Waals surface area contributed by atoms with Crippen LogP contribution in [0.25, 0.3) is 0 Å². The smallest absolute Gasteiger partial charge is 0.318 e. The Hall–Kier alpha value is -2.54. The Morgan fingerprint density at radius 3 is 2.67 bits per heavy atom. The number of ether oxygens (including phenoxy) is 1. The normalized spacial score (nSPS) is 11.8. The van der Waals surface area contributed by atoms with Crippen molar-refractivity contribution in [3.05, 3.63) is 48.0 Å². The molecule has 0 fully saturated rings. The number of aliphatic hydroxyl groups is 1. The molecule has 0 bridgehead atoms. The van der Waals surface area contributed by atoms with E-state index in [1.165, 1.54) is 0 Å². The van der Waals surface area contributed by atoms with Crippen molar-refractivity contribution >= 4 is 6.03 Å². The Kier molecular flexibility index (Phi) is 6.20. The van der Waals surface area contributed by atoms with Gasteiger partial charge in [-0.25, -0.2) is 9.78 Å². The summed E-state index contributed by atoms with van der Waals surface area (Å²) >= 11 is 0. The van der Waals surface area contributed by atoms with Gasteiger partial charge < -0.3 is 24.6 Å². The fourth-order valence-corrected chi connectivity index (χ4v) is 2.35. The van der Waals surface area contributed by atoms with Gasteiger partial charge in [0.05, 0.1) is 26.3 Å². The summed E-state index contributed by atoms with van der Waals surface area (Å²) in [6.07, 6.45) is 3.51. The van der Waals surface area contributed by atoms with Crippen LogP contribution >= 0.6 is 0 Å². The number of hydrogen-bond acceptors (Lipinski definition) is 4. The molecule has 0 spiro atoms. The van der Waals surface area contributed by atoms with E-state index < -0.39 is 0 Å². The SMILES string of the molecule is COc1ccc([C@@H](C)NC(=O)N(CCO)Cc2nccn2C)cc1. The van der Waals surface area contributed by atoms with Crippen LogP contribution in [0.3, 0.4) is 0 Å². The number of imidazole rings is 1. The van der Waals surface area contributed by atoms with Crippen LogP contribution in [-0.2, 0) is 13.6 Å². The summed E-state index contributed by atoms with van der Waals surface area (Å²) in [6.45, 7) is 2.39. The second-order valence-electron chi connectivity index (χ2n) is 5.54. The van der Waals surface area contributed by atoms with Gasteiger partial charge in [0.1, 0.15) is 11.6 Å². The van der Waals surface area contributed by atoms with Gasteiger partial charge in [0.15, 0.2) is 0 Å². The molecule has 0 aliphatic carbocycles. The van der Waals surface area contributed by atoms with Crippen molar-refractivity contribution in [1.82, 2.24) is 19.8 Å². The standard InChI is InChI=1S/C17H24N4O3/c1-13(14-4-6-15(24-3)7-5-14)19-17(23)21(10-11-22)12-16-18-8-9-20(16)2/h4-9,13,22H,10-12H2,1-3H3,(H,19,23)/t13-/m1/s1. The van der Waals surface area contributed by atoms with E-state index in [1.54, 1.807) is 18.2 Å². The predicted molar refractivity (Wildman–Crippen MR) is 90.6 cm³/mol. The van der Waals surface area contributed by atoms with Crippen molar-refractivity contribution in [3.63, 3.8) is 0 Å². The van der Waals surface area contributed by atoms with Gasteiger partial charge in [0.2, 0.25) is 0 Å². The van der Waals surface area contributed by atoms with Gasteiger partial charge >= 0.3 is 6.03 Å². The number of methoxy groups -OCH3 is 1. The highest BCUT2D eigenvalue weighted by molar-refractivity contribution is 5.74. The number of carbonyl (C=O) groups excluding carboxylic acids is 1. The van der Waals surface area contributed by atoms with E-state index in [9.17, 15) is 9.90 Å². The fourth-order valence-electron chi connectivity index (χ4n) is 2.35. The molecule has 0 radical (unpaired) electrons. The molecule has 0 aliphatic rings. The third-order valence-corrected chi connectivity index (χ3v) is 3.87. The Morgan fingerprint density at radius 2 is 2.12 bits per heavy atom. The van der Waals surface area contributed by atoms with Crippen LogP contribution in [0, 0.1) is 0 Å². The van der Waals surface area contributed by atoms with Crippen LogP contribution in [0.15, 0.2) is 36.7 Å². The molecular formula is C17H24N4O3. The molecular weight excluding hydrogens is 308 g/mol. The highest BCUT2D eigenvalue weighted by Crippen LogP contribution is 2.17. The molecule has 7 nitrogen and oxygen atoms in total. The summed E-state index contributed by atoms with van der Waals surface area (Å²) in [5, 5.41) is 12.2. The maximum atomic E-state index is 12.5. The Labute approximate surface area is 141 Å². The van der Waals surface area contributed by atoms with E-state index in [-0.39, 0.29) is 25.2 Å². The number of nitrogens with zero attached hydrogens (tertiary/aromatic N) is 3. The third kappa shape index (κ3) is 4.48. The third-order valence-electron chi connectivity index (χ3n) is 3.87. The monoisotopic (exact) mass is 332 g/mol. The number of aromatic nitrogens is 2. The summed E-state index contributed by atoms with van der Waals surface area (Å²) in [6, 6.07) is 7.15. The van der Waals surface area contributed by atoms with Crippen molar-refractivity contribution in [2.75, 3.05) is 20.3 Å². The zero-order chi connectivity index (χ0) is 17.5. The number of rotatable bonds is 7. The lowest BCUT2D eigenvalue weighted by Crippen LogP contribution is -2.42. The Balaban J connectivity index is 2.01. The highest BCUT2D eigenvalue weighted by Gasteiger charge is 2.18. The highest BCUT2D eigenvalue weighted by atomic mass is 16.5. The Bertz CT molecular complexity index is 654. The van der Waals surface area contributed by atoms with E-state index in [2.05, 4.69) is 10.3 Å². The summed E-state index contributed by atoms with van der Waals surface area (Å²) < 4.78 is 6.99. The molecule has 1 aromatic carbocycles. The minimum atomic E-state index is -0.240. The lowest BCUT2D eigenvalue weighted by atomic mass is 10.1. The molecule has 0 aliphatic heterocycles. The zero-order valence-corrected chi connectivity index (χ0v) is 14.3. The maximum Gasteiger partial charge on any atom is 0.318 e. The second kappa shape index (κ2) is 8.35. The van der Waals surface area contributed by atoms with Crippen LogP contribution in [0.5, 0.6) is 5.75 Å². The van der Waals surface area contributed by atoms with Gasteiger partial charge in [-0.05, 0) is 24.6 Å². The van der Waals surface area contributed by atoms with Crippen LogP contribution in [0.4, 0.5) is 4.79 Å². The van der Waals surface area contributed by atoms with Crippen LogP contribution < -0.4 is 10.1 Å². The first-order valence-electron chi connectivity index (χ1n) is 7.81. The summed E-state index contributed by atoms with van der Waals surface area (Å²) in [5.41, 5.74) is 0.977. The first-order valence-corrected chi connectivity index (χ1v) is 7.81. The predicted octanol–water partition coefficient (Wildman–Crippen LogP) is 1.69. The number of nitrogens with one attached hydrogen (secondary N) is 1. The fraction of sp³-hybridized carbons (Fsp3) is 0.412. The number of amides is 2. The molecule has 1 heterocycles. The topological polar surface area (TPSA) is 79.6 Å². The van der Waals surface area contributed by atoms with Crippen LogP contribution in [0.1, 0.15) is 24.4 Å². The minimum Gasteiger partial charge on any atom is -0.497 e. The molecule has 0 saturated heterocycles. The van der Waals surface area contributed by atoms with Crippen LogP contribution in [-0.4, -0.2) is 45.9 Å². The molecule has 2 amide bonds. The van der Waals surface area contributed by atoms with Gasteiger partial charge in [-0.1, -0.05) is 12.1 Å². The number of aliphatic hydroxyl groups excluding tert-OH is 1. The van der Waals surface area contributed by atoms with Crippen molar-refractivity contribution in [2.45, 2.75) is 19.5 Å². The molecule has 0 unspecified atom stereocenters. The Morgan fingerprint density at radius 1 is 1.42 bits per heavy atom. The van der Waals surface area contributed by atoms with Gasteiger partial charge in [-0.15, -0.1) is 0 Å². The molecule has 1 atom stereocenters. The number of urea groups is 1. The first-order chi connectivity index (χ1) is 11.5. The van der Waals surface area contributed by atoms with E-state index in [0.717, 1.165) is 17.1 Å². The van der Waals surface area contributed by atoms with Crippen molar-refractivity contribution in [3.8, 4) is 5.75 Å². The van der Waals surface area contributed by atoms with Gasteiger partial charge in [0.25, 0.3) is 0 Å². The van der Waals surface area contributed by atoms with E-state index >= 15 is 0 Å². The first kappa shape index (κ1) is 17.8. The number of hydrogen-bond donors (Lipinski definition) is 2. The van der Waals surface area contributed by atoms with Crippen molar-refractivity contribution in [2.24, 2.45) is 7.05 Å². The van der Waals surface area contributed by atoms with E-state index in [1.807, 2.05) is 49.0 Å². The number of carbonyl (C=O) groups is 1. The molecule has 0 saturated carbocycles. The summed E-state index contributed by atoms with van der Waals surface area (Å²) in [7, 11) is 3.49. The molecule has 2 aromatic rings. The lowest BCUT2D eigenvalue weighted by Gasteiger charge is -2.24. The van der Waals surface area contributed by atoms with E-state index in [0.29, 0.717) is 6.54 Å². The zero-order valence-electron chi connectivity index (χ0n) is 14.3. The van der Waals surface area contributed by atoms with Crippen LogP contribution in [0.2, 0.25) is 0 Å². The summed E-state index contributed by atoms with van der Waals surface area (Å²) in [4.78, 5) is 18.3. The summed E-state index contributed by atoms with van der Waals surface area (Å²) in [5.74, 6) is 1.53. The van der Waals surface area contributed by atoms with Gasteiger partial charge in [0, 0.05) is 26.0 Å². The quantitative estimate of drug-likeness (QED) is 0.809. The average Bonchev–Trinajstić information content (AvgIpc) is 2.99.